The van der Waals surface area contributed by atoms with Gasteiger partial charge in [0.2, 0.25) is 11.9 Å². The van der Waals surface area contributed by atoms with Gasteiger partial charge in [-0.1, -0.05) is 26.0 Å². The number of fused-ring (bicyclic) bond motifs is 1. The summed E-state index contributed by atoms with van der Waals surface area (Å²) in [6.45, 7) is 4.14. The lowest BCUT2D eigenvalue weighted by molar-refractivity contribution is -0.119. The number of aromatic nitrogens is 4. The fraction of sp³-hybridized carbons (Fsp3) is 0.389. The molecule has 24 heavy (non-hydrogen) atoms. The number of hydrogen-bond donors (Lipinski definition) is 1. The maximum absolute atomic E-state index is 12.9. The van der Waals surface area contributed by atoms with E-state index in [1.165, 1.54) is 0 Å². The van der Waals surface area contributed by atoms with Gasteiger partial charge in [0, 0.05) is 25.9 Å². The largest absolute Gasteiger partial charge is 0.320 e. The van der Waals surface area contributed by atoms with Gasteiger partial charge in [-0.05, 0) is 25.0 Å². The highest BCUT2D eigenvalue weighted by molar-refractivity contribution is 5.93. The highest BCUT2D eigenvalue weighted by Crippen LogP contribution is 2.25. The van der Waals surface area contributed by atoms with Gasteiger partial charge in [0.15, 0.2) is 0 Å². The van der Waals surface area contributed by atoms with Gasteiger partial charge in [-0.2, -0.15) is 0 Å². The fourth-order valence-corrected chi connectivity index (χ4v) is 3.01. The number of para-hydroxylation sites is 2. The molecule has 1 amide bonds. The molecule has 0 bridgehead atoms. The van der Waals surface area contributed by atoms with Crippen LogP contribution in [-0.2, 0) is 18.3 Å². The van der Waals surface area contributed by atoms with Crippen LogP contribution in [0.1, 0.15) is 38.6 Å². The van der Waals surface area contributed by atoms with Crippen molar-refractivity contribution < 1.29 is 4.79 Å². The van der Waals surface area contributed by atoms with Crippen LogP contribution in [-0.4, -0.2) is 25.0 Å². The third-order valence-electron chi connectivity index (χ3n) is 4.20. The van der Waals surface area contributed by atoms with Crippen LogP contribution in [0.4, 0.5) is 5.95 Å². The standard InChI is InChI=1S/C18H23N5O/c1-4-8-16-20-13-9-6-7-10-15(13)23(16)14(5-2)17(24)21-18-19-11-12-22(18)3/h6-7,9-12,14H,4-5,8H2,1-3H3,(H,19,21,24). The molecule has 1 N–H and O–H groups in total. The second-order valence-electron chi connectivity index (χ2n) is 5.91. The van der Waals surface area contributed by atoms with E-state index in [1.807, 2.05) is 44.4 Å². The zero-order valence-electron chi connectivity index (χ0n) is 14.4. The third-order valence-corrected chi connectivity index (χ3v) is 4.20. The number of carbonyl (C=O) groups is 1. The van der Waals surface area contributed by atoms with Crippen molar-refractivity contribution in [2.75, 3.05) is 5.32 Å². The predicted molar refractivity (Wildman–Crippen MR) is 94.9 cm³/mol. The lowest BCUT2D eigenvalue weighted by atomic mass is 10.1. The zero-order valence-corrected chi connectivity index (χ0v) is 14.4. The number of aryl methyl sites for hydroxylation is 2. The van der Waals surface area contributed by atoms with Gasteiger partial charge < -0.3 is 9.13 Å². The monoisotopic (exact) mass is 325 g/mol. The number of benzene rings is 1. The van der Waals surface area contributed by atoms with Crippen LogP contribution in [0.5, 0.6) is 0 Å². The van der Waals surface area contributed by atoms with Gasteiger partial charge in [-0.25, -0.2) is 9.97 Å². The summed E-state index contributed by atoms with van der Waals surface area (Å²) in [5, 5.41) is 2.93. The Morgan fingerprint density at radius 3 is 2.75 bits per heavy atom. The van der Waals surface area contributed by atoms with Gasteiger partial charge in [0.25, 0.3) is 0 Å². The molecule has 0 saturated carbocycles. The number of hydrogen-bond acceptors (Lipinski definition) is 3. The first kappa shape index (κ1) is 16.2. The molecule has 6 nitrogen and oxygen atoms in total. The van der Waals surface area contributed by atoms with Crippen LogP contribution in [0, 0.1) is 0 Å². The molecule has 0 spiro atoms. The van der Waals surface area contributed by atoms with E-state index >= 15 is 0 Å². The number of rotatable bonds is 6. The first-order valence-electron chi connectivity index (χ1n) is 8.39. The second-order valence-corrected chi connectivity index (χ2v) is 5.91. The van der Waals surface area contributed by atoms with Gasteiger partial charge in [-0.3, -0.25) is 10.1 Å². The summed E-state index contributed by atoms with van der Waals surface area (Å²) in [5.74, 6) is 1.45. The Morgan fingerprint density at radius 2 is 2.08 bits per heavy atom. The van der Waals surface area contributed by atoms with Crippen molar-refractivity contribution in [3.05, 3.63) is 42.5 Å². The molecule has 0 saturated heterocycles. The summed E-state index contributed by atoms with van der Waals surface area (Å²) < 4.78 is 3.88. The number of carbonyl (C=O) groups excluding carboxylic acids is 1. The molecule has 1 unspecified atom stereocenters. The summed E-state index contributed by atoms with van der Waals surface area (Å²) in [4.78, 5) is 21.8. The molecule has 2 aromatic heterocycles. The van der Waals surface area contributed by atoms with Gasteiger partial charge in [0.1, 0.15) is 11.9 Å². The Balaban J connectivity index is 2.00. The first-order chi connectivity index (χ1) is 11.7. The van der Waals surface area contributed by atoms with E-state index in [0.717, 1.165) is 29.7 Å². The van der Waals surface area contributed by atoms with Crippen LogP contribution in [0.3, 0.4) is 0 Å². The molecule has 3 rings (SSSR count). The molecule has 1 atom stereocenters. The summed E-state index contributed by atoms with van der Waals surface area (Å²) >= 11 is 0. The van der Waals surface area contributed by atoms with Crippen molar-refractivity contribution in [1.29, 1.82) is 0 Å². The molecule has 0 fully saturated rings. The molecule has 0 aliphatic rings. The van der Waals surface area contributed by atoms with Crippen molar-refractivity contribution >= 4 is 22.9 Å². The van der Waals surface area contributed by atoms with Crippen LogP contribution in [0.25, 0.3) is 11.0 Å². The Morgan fingerprint density at radius 1 is 1.29 bits per heavy atom. The maximum Gasteiger partial charge on any atom is 0.249 e. The average molecular weight is 325 g/mol. The molecule has 0 radical (unpaired) electrons. The number of nitrogens with zero attached hydrogens (tertiary/aromatic N) is 4. The topological polar surface area (TPSA) is 64.7 Å². The number of anilines is 1. The maximum atomic E-state index is 12.9. The molecule has 2 heterocycles. The summed E-state index contributed by atoms with van der Waals surface area (Å²) in [5.41, 5.74) is 1.94. The SMILES string of the molecule is CCCc1nc2ccccc2n1C(CC)C(=O)Nc1nccn1C. The average Bonchev–Trinajstić information content (AvgIpc) is 3.13. The minimum atomic E-state index is -0.310. The molecule has 0 aliphatic heterocycles. The van der Waals surface area contributed by atoms with Crippen molar-refractivity contribution in [3.63, 3.8) is 0 Å². The van der Waals surface area contributed by atoms with E-state index in [1.54, 1.807) is 10.8 Å². The van der Waals surface area contributed by atoms with Gasteiger partial charge >= 0.3 is 0 Å². The lowest BCUT2D eigenvalue weighted by Crippen LogP contribution is -2.28. The summed E-state index contributed by atoms with van der Waals surface area (Å²) in [6.07, 6.45) is 6.01. The van der Waals surface area contributed by atoms with Crippen LogP contribution >= 0.6 is 0 Å². The van der Waals surface area contributed by atoms with Crippen molar-refractivity contribution in [2.45, 2.75) is 39.2 Å². The second kappa shape index (κ2) is 6.86. The van der Waals surface area contributed by atoms with E-state index in [0.29, 0.717) is 12.4 Å². The number of imidazole rings is 2. The third kappa shape index (κ3) is 2.91. The molecule has 126 valence electrons. The first-order valence-corrected chi connectivity index (χ1v) is 8.39. The predicted octanol–water partition coefficient (Wildman–Crippen LogP) is 3.31. The zero-order chi connectivity index (χ0) is 17.1. The van der Waals surface area contributed by atoms with E-state index in [-0.39, 0.29) is 11.9 Å². The highest BCUT2D eigenvalue weighted by Gasteiger charge is 2.24. The Labute approximate surface area is 141 Å². The van der Waals surface area contributed by atoms with Gasteiger partial charge in [-0.15, -0.1) is 0 Å². The molecule has 6 heteroatoms. The minimum Gasteiger partial charge on any atom is -0.320 e. The van der Waals surface area contributed by atoms with Gasteiger partial charge in [0.05, 0.1) is 11.0 Å². The van der Waals surface area contributed by atoms with Crippen LogP contribution in [0.2, 0.25) is 0 Å². The Kier molecular flexibility index (Phi) is 4.64. The summed E-state index contributed by atoms with van der Waals surface area (Å²) in [7, 11) is 1.86. The molecule has 0 aliphatic carbocycles. The highest BCUT2D eigenvalue weighted by atomic mass is 16.2. The number of nitrogens with one attached hydrogen (secondary N) is 1. The quantitative estimate of drug-likeness (QED) is 0.756. The van der Waals surface area contributed by atoms with Crippen molar-refractivity contribution in [3.8, 4) is 0 Å². The van der Waals surface area contributed by atoms with E-state index in [9.17, 15) is 4.79 Å². The lowest BCUT2D eigenvalue weighted by Gasteiger charge is -2.19. The minimum absolute atomic E-state index is 0.0627. The Hall–Kier alpha value is -2.63. The summed E-state index contributed by atoms with van der Waals surface area (Å²) in [6, 6.07) is 7.67. The number of amides is 1. The van der Waals surface area contributed by atoms with Crippen molar-refractivity contribution in [1.82, 2.24) is 19.1 Å². The fourth-order valence-electron chi connectivity index (χ4n) is 3.01. The molecular formula is C18H23N5O. The Bertz CT molecular complexity index is 848. The molecular weight excluding hydrogens is 302 g/mol. The normalized spacial score (nSPS) is 12.5. The molecule has 1 aromatic carbocycles. The van der Waals surface area contributed by atoms with E-state index in [2.05, 4.69) is 21.8 Å². The molecule has 3 aromatic rings. The van der Waals surface area contributed by atoms with Crippen molar-refractivity contribution in [2.24, 2.45) is 7.05 Å². The smallest absolute Gasteiger partial charge is 0.249 e. The van der Waals surface area contributed by atoms with Crippen LogP contribution in [0.15, 0.2) is 36.7 Å². The van der Waals surface area contributed by atoms with E-state index < -0.39 is 0 Å². The van der Waals surface area contributed by atoms with E-state index in [4.69, 9.17) is 4.98 Å². The van der Waals surface area contributed by atoms with Crippen LogP contribution < -0.4 is 5.32 Å².